The third-order valence-corrected chi connectivity index (χ3v) is 9.47. The Kier molecular flexibility index (Phi) is 8.05. The fourth-order valence-corrected chi connectivity index (χ4v) is 6.50. The smallest absolute Gasteiger partial charge is 0.271 e. The van der Waals surface area contributed by atoms with Gasteiger partial charge in [-0.05, 0) is 62.4 Å². The number of ether oxygens (including phenoxy) is 1. The van der Waals surface area contributed by atoms with Crippen LogP contribution in [-0.2, 0) is 21.2 Å². The number of rotatable bonds is 9. The second kappa shape index (κ2) is 10.9. The fourth-order valence-electron chi connectivity index (χ4n) is 4.46. The molecule has 4 rings (SSSR count). The van der Waals surface area contributed by atoms with Crippen LogP contribution >= 0.6 is 11.3 Å². The summed E-state index contributed by atoms with van der Waals surface area (Å²) in [5.74, 6) is 1.27. The van der Waals surface area contributed by atoms with E-state index >= 15 is 0 Å². The standard InChI is InChI=1S/C25H35N3O5S2/c1-17-13-28(18(2)16-29)24(30)12-20-11-21(26-35(31,32)25-5-4-10-34-25)8-9-22(20)33-23(17)15-27(3)14-19-6-7-19/h4-5,8-11,17-19,23,26,29H,6-7,12-16H2,1-3H3/t17-,18-,23+/m0/s1. The van der Waals surface area contributed by atoms with Crippen molar-refractivity contribution in [2.45, 2.75) is 49.5 Å². The van der Waals surface area contributed by atoms with Gasteiger partial charge in [0.2, 0.25) is 5.91 Å². The molecule has 0 radical (unpaired) electrons. The van der Waals surface area contributed by atoms with Crippen molar-refractivity contribution >= 4 is 33.0 Å². The molecule has 3 atom stereocenters. The molecule has 2 aromatic rings. The van der Waals surface area contributed by atoms with E-state index in [1.165, 1.54) is 12.8 Å². The second-order valence-corrected chi connectivity index (χ2v) is 12.8. The first-order valence-electron chi connectivity index (χ1n) is 12.1. The molecule has 0 unspecified atom stereocenters. The van der Waals surface area contributed by atoms with Gasteiger partial charge in [0.25, 0.3) is 10.0 Å². The van der Waals surface area contributed by atoms with Crippen molar-refractivity contribution in [3.63, 3.8) is 0 Å². The third kappa shape index (κ3) is 6.55. The number of carbonyl (C=O) groups is 1. The maximum absolute atomic E-state index is 13.3. The maximum atomic E-state index is 13.3. The quantitative estimate of drug-likeness (QED) is 0.526. The number of hydrogen-bond acceptors (Lipinski definition) is 7. The molecule has 2 heterocycles. The van der Waals surface area contributed by atoms with Gasteiger partial charge in [-0.1, -0.05) is 13.0 Å². The highest BCUT2D eigenvalue weighted by Gasteiger charge is 2.32. The SMILES string of the molecule is C[C@H]1CN([C@@H](C)CO)C(=O)Cc2cc(NS(=O)(=O)c3cccs3)ccc2O[C@@H]1CN(C)CC1CC1. The molecule has 10 heteroatoms. The Morgan fingerprint density at radius 2 is 2.06 bits per heavy atom. The Morgan fingerprint density at radius 3 is 2.71 bits per heavy atom. The summed E-state index contributed by atoms with van der Waals surface area (Å²) in [6.07, 6.45) is 2.44. The van der Waals surface area contributed by atoms with Crippen LogP contribution in [0.3, 0.4) is 0 Å². The van der Waals surface area contributed by atoms with Crippen LogP contribution in [0.4, 0.5) is 5.69 Å². The summed E-state index contributed by atoms with van der Waals surface area (Å²) >= 11 is 1.14. The van der Waals surface area contributed by atoms with Crippen molar-refractivity contribution in [3.8, 4) is 5.75 Å². The van der Waals surface area contributed by atoms with E-state index in [1.807, 2.05) is 6.92 Å². The van der Waals surface area contributed by atoms with Crippen molar-refractivity contribution in [1.82, 2.24) is 9.80 Å². The third-order valence-electron chi connectivity index (χ3n) is 6.69. The lowest BCUT2D eigenvalue weighted by Crippen LogP contribution is -2.47. The molecule has 0 spiro atoms. The van der Waals surface area contributed by atoms with Crippen molar-refractivity contribution in [2.24, 2.45) is 11.8 Å². The van der Waals surface area contributed by atoms with Crippen LogP contribution in [0.15, 0.2) is 39.9 Å². The van der Waals surface area contributed by atoms with Crippen molar-refractivity contribution in [3.05, 3.63) is 41.3 Å². The zero-order chi connectivity index (χ0) is 25.2. The van der Waals surface area contributed by atoms with Crippen LogP contribution in [0.1, 0.15) is 32.3 Å². The predicted molar refractivity (Wildman–Crippen MR) is 137 cm³/mol. The van der Waals surface area contributed by atoms with Crippen LogP contribution in [0.2, 0.25) is 0 Å². The molecule has 2 aliphatic rings. The number of fused-ring (bicyclic) bond motifs is 1. The zero-order valence-corrected chi connectivity index (χ0v) is 22.1. The molecule has 2 N–H and O–H groups in total. The number of anilines is 1. The minimum atomic E-state index is -3.71. The Morgan fingerprint density at radius 1 is 1.29 bits per heavy atom. The highest BCUT2D eigenvalue weighted by atomic mass is 32.2. The molecule has 1 aromatic heterocycles. The summed E-state index contributed by atoms with van der Waals surface area (Å²) in [4.78, 5) is 17.3. The Balaban J connectivity index is 1.63. The number of thiophene rings is 1. The summed E-state index contributed by atoms with van der Waals surface area (Å²) in [5, 5.41) is 11.5. The van der Waals surface area contributed by atoms with Crippen LogP contribution in [0.5, 0.6) is 5.75 Å². The zero-order valence-electron chi connectivity index (χ0n) is 20.5. The van der Waals surface area contributed by atoms with Gasteiger partial charge in [0, 0.05) is 36.8 Å². The lowest BCUT2D eigenvalue weighted by Gasteiger charge is -2.34. The summed E-state index contributed by atoms with van der Waals surface area (Å²) in [6.45, 7) is 6.02. The number of amides is 1. The molecule has 8 nitrogen and oxygen atoms in total. The Hall–Kier alpha value is -2.14. The first-order chi connectivity index (χ1) is 16.7. The van der Waals surface area contributed by atoms with Crippen molar-refractivity contribution in [1.29, 1.82) is 0 Å². The van der Waals surface area contributed by atoms with Gasteiger partial charge >= 0.3 is 0 Å². The van der Waals surface area contributed by atoms with Gasteiger partial charge in [0.05, 0.1) is 19.1 Å². The van der Waals surface area contributed by atoms with E-state index in [-0.39, 0.29) is 41.2 Å². The van der Waals surface area contributed by atoms with Gasteiger partial charge in [-0.2, -0.15) is 0 Å². The molecular formula is C25H35N3O5S2. The minimum Gasteiger partial charge on any atom is -0.488 e. The molecule has 1 aliphatic carbocycles. The molecule has 1 fully saturated rings. The number of aliphatic hydroxyl groups is 1. The molecule has 1 aromatic carbocycles. The normalized spacial score (nSPS) is 22.1. The van der Waals surface area contributed by atoms with Gasteiger partial charge < -0.3 is 19.6 Å². The highest BCUT2D eigenvalue weighted by molar-refractivity contribution is 7.94. The number of nitrogens with zero attached hydrogens (tertiary/aromatic N) is 2. The van der Waals surface area contributed by atoms with E-state index < -0.39 is 10.0 Å². The van der Waals surface area contributed by atoms with E-state index in [4.69, 9.17) is 4.74 Å². The Labute approximate surface area is 211 Å². The number of nitrogens with one attached hydrogen (secondary N) is 1. The number of hydrogen-bond donors (Lipinski definition) is 2. The Bertz CT molecular complexity index is 1120. The van der Waals surface area contributed by atoms with Crippen molar-refractivity contribution in [2.75, 3.05) is 38.0 Å². The number of benzene rings is 1. The lowest BCUT2D eigenvalue weighted by atomic mass is 10.0. The molecule has 0 bridgehead atoms. The van der Waals surface area contributed by atoms with E-state index in [0.717, 1.165) is 30.3 Å². The molecule has 0 saturated heterocycles. The average Bonchev–Trinajstić information content (AvgIpc) is 3.42. The minimum absolute atomic E-state index is 0.0394. The summed E-state index contributed by atoms with van der Waals surface area (Å²) in [6, 6.07) is 8.03. The molecule has 1 amide bonds. The van der Waals surface area contributed by atoms with Crippen LogP contribution in [0.25, 0.3) is 0 Å². The second-order valence-electron chi connectivity index (χ2n) is 9.91. The predicted octanol–water partition coefficient (Wildman–Crippen LogP) is 3.04. The van der Waals surface area contributed by atoms with Gasteiger partial charge in [-0.25, -0.2) is 8.42 Å². The van der Waals surface area contributed by atoms with Crippen LogP contribution < -0.4 is 9.46 Å². The monoisotopic (exact) mass is 521 g/mol. The maximum Gasteiger partial charge on any atom is 0.271 e. The van der Waals surface area contributed by atoms with E-state index in [9.17, 15) is 18.3 Å². The van der Waals surface area contributed by atoms with Crippen molar-refractivity contribution < 1.29 is 23.1 Å². The topological polar surface area (TPSA) is 99.2 Å². The summed E-state index contributed by atoms with van der Waals surface area (Å²) < 4.78 is 34.8. The van der Waals surface area contributed by atoms with Gasteiger partial charge in [-0.15, -0.1) is 11.3 Å². The lowest BCUT2D eigenvalue weighted by molar-refractivity contribution is -0.134. The van der Waals surface area contributed by atoms with Crippen LogP contribution in [0, 0.1) is 11.8 Å². The molecule has 35 heavy (non-hydrogen) atoms. The number of likely N-dealkylation sites (N-methyl/N-ethyl adjacent to an activating group) is 1. The van der Waals surface area contributed by atoms with E-state index in [1.54, 1.807) is 40.6 Å². The number of sulfonamides is 1. The number of carbonyl (C=O) groups excluding carboxylic acids is 1. The average molecular weight is 522 g/mol. The van der Waals surface area contributed by atoms with E-state index in [0.29, 0.717) is 23.5 Å². The molecule has 1 saturated carbocycles. The first-order valence-corrected chi connectivity index (χ1v) is 14.5. The van der Waals surface area contributed by atoms with Crippen LogP contribution in [-0.4, -0.2) is 74.7 Å². The van der Waals surface area contributed by atoms with Gasteiger partial charge in [0.1, 0.15) is 16.1 Å². The largest absolute Gasteiger partial charge is 0.488 e. The molecule has 192 valence electrons. The summed E-state index contributed by atoms with van der Waals surface area (Å²) in [5.41, 5.74) is 1.01. The molecular weight excluding hydrogens is 486 g/mol. The van der Waals surface area contributed by atoms with Gasteiger partial charge in [0.15, 0.2) is 0 Å². The van der Waals surface area contributed by atoms with Gasteiger partial charge in [-0.3, -0.25) is 9.52 Å². The fraction of sp³-hybridized carbons (Fsp3) is 0.560. The highest BCUT2D eigenvalue weighted by Crippen LogP contribution is 2.32. The first kappa shape index (κ1) is 25.9. The molecule has 1 aliphatic heterocycles. The number of aliphatic hydroxyl groups excluding tert-OH is 1. The van der Waals surface area contributed by atoms with E-state index in [2.05, 4.69) is 23.6 Å². The summed E-state index contributed by atoms with van der Waals surface area (Å²) in [7, 11) is -1.61.